The Labute approximate surface area is 143 Å². The van der Waals surface area contributed by atoms with E-state index in [9.17, 15) is 4.79 Å². The van der Waals surface area contributed by atoms with E-state index in [0.717, 1.165) is 36.6 Å². The molecule has 0 radical (unpaired) electrons. The van der Waals surface area contributed by atoms with Gasteiger partial charge in [0.25, 0.3) is 0 Å². The number of anilines is 1. The molecule has 2 fully saturated rings. The van der Waals surface area contributed by atoms with E-state index in [1.54, 1.807) is 0 Å². The molecule has 0 saturated carbocycles. The van der Waals surface area contributed by atoms with Crippen LogP contribution < -0.4 is 16.0 Å². The van der Waals surface area contributed by atoms with Gasteiger partial charge in [-0.15, -0.1) is 0 Å². The summed E-state index contributed by atoms with van der Waals surface area (Å²) < 4.78 is 5.89. The molecule has 3 atom stereocenters. The topological polar surface area (TPSA) is 74.8 Å². The predicted molar refractivity (Wildman–Crippen MR) is 95.0 cm³/mol. The van der Waals surface area contributed by atoms with Crippen LogP contribution in [0.25, 0.3) is 0 Å². The molecule has 24 heavy (non-hydrogen) atoms. The van der Waals surface area contributed by atoms with Gasteiger partial charge in [-0.1, -0.05) is 12.1 Å². The SMILES string of the molecule is CCNC(=NCc1cccc(NC(C)=O)c1)NC1CC2CCC1O2. The van der Waals surface area contributed by atoms with Crippen molar-refractivity contribution in [3.63, 3.8) is 0 Å². The fraction of sp³-hybridized carbons (Fsp3) is 0.556. The van der Waals surface area contributed by atoms with Gasteiger partial charge < -0.3 is 20.7 Å². The molecule has 3 rings (SSSR count). The first-order chi connectivity index (χ1) is 11.6. The van der Waals surface area contributed by atoms with E-state index >= 15 is 0 Å². The third kappa shape index (κ3) is 4.26. The van der Waals surface area contributed by atoms with Crippen LogP contribution in [0.5, 0.6) is 0 Å². The van der Waals surface area contributed by atoms with E-state index in [-0.39, 0.29) is 5.91 Å². The lowest BCUT2D eigenvalue weighted by atomic mass is 9.96. The summed E-state index contributed by atoms with van der Waals surface area (Å²) in [4.78, 5) is 15.8. The lowest BCUT2D eigenvalue weighted by Crippen LogP contribution is -2.47. The van der Waals surface area contributed by atoms with Crippen molar-refractivity contribution in [3.05, 3.63) is 29.8 Å². The van der Waals surface area contributed by atoms with Crippen LogP contribution in [-0.2, 0) is 16.1 Å². The van der Waals surface area contributed by atoms with Crippen LogP contribution in [0.1, 0.15) is 38.7 Å². The van der Waals surface area contributed by atoms with Crippen molar-refractivity contribution < 1.29 is 9.53 Å². The summed E-state index contributed by atoms with van der Waals surface area (Å²) in [6, 6.07) is 8.13. The van der Waals surface area contributed by atoms with Crippen molar-refractivity contribution in [2.45, 2.75) is 57.9 Å². The number of nitrogens with zero attached hydrogens (tertiary/aromatic N) is 1. The standard InChI is InChI=1S/C18H26N4O2/c1-3-19-18(22-16-10-15-7-8-17(16)24-15)20-11-13-5-4-6-14(9-13)21-12(2)23/h4-6,9,15-17H,3,7-8,10-11H2,1-2H3,(H,21,23)(H2,19,20,22). The minimum absolute atomic E-state index is 0.0676. The first-order valence-electron chi connectivity index (χ1n) is 8.71. The molecule has 3 N–H and O–H groups in total. The van der Waals surface area contributed by atoms with Crippen molar-refractivity contribution in [2.24, 2.45) is 4.99 Å². The van der Waals surface area contributed by atoms with Gasteiger partial charge in [0.05, 0.1) is 24.8 Å². The summed E-state index contributed by atoms with van der Waals surface area (Å²) in [5.41, 5.74) is 1.86. The van der Waals surface area contributed by atoms with Crippen LogP contribution in [-0.4, -0.2) is 36.7 Å². The van der Waals surface area contributed by atoms with Gasteiger partial charge in [-0.3, -0.25) is 4.79 Å². The van der Waals surface area contributed by atoms with Crippen LogP contribution in [0.3, 0.4) is 0 Å². The van der Waals surface area contributed by atoms with Gasteiger partial charge >= 0.3 is 0 Å². The fourth-order valence-corrected chi connectivity index (χ4v) is 3.41. The molecule has 1 aromatic carbocycles. The summed E-state index contributed by atoms with van der Waals surface area (Å²) in [5.74, 6) is 0.755. The summed E-state index contributed by atoms with van der Waals surface area (Å²) >= 11 is 0. The van der Waals surface area contributed by atoms with Crippen molar-refractivity contribution in [1.82, 2.24) is 10.6 Å². The second kappa shape index (κ2) is 7.66. The van der Waals surface area contributed by atoms with Gasteiger partial charge in [0.2, 0.25) is 5.91 Å². The lowest BCUT2D eigenvalue weighted by Gasteiger charge is -2.22. The van der Waals surface area contributed by atoms with E-state index in [1.165, 1.54) is 13.3 Å². The largest absolute Gasteiger partial charge is 0.373 e. The van der Waals surface area contributed by atoms with E-state index < -0.39 is 0 Å². The summed E-state index contributed by atoms with van der Waals surface area (Å²) in [6.45, 7) is 4.95. The Morgan fingerprint density at radius 2 is 2.25 bits per heavy atom. The number of ether oxygens (including phenoxy) is 1. The van der Waals surface area contributed by atoms with Gasteiger partial charge in [0.1, 0.15) is 0 Å². The Morgan fingerprint density at radius 1 is 1.38 bits per heavy atom. The number of aliphatic imine (C=N–C) groups is 1. The monoisotopic (exact) mass is 330 g/mol. The zero-order chi connectivity index (χ0) is 16.9. The van der Waals surface area contributed by atoms with Crippen molar-refractivity contribution in [1.29, 1.82) is 0 Å². The molecule has 2 aliphatic rings. The molecule has 2 aliphatic heterocycles. The molecule has 1 aromatic rings. The van der Waals surface area contributed by atoms with E-state index in [1.807, 2.05) is 24.3 Å². The smallest absolute Gasteiger partial charge is 0.221 e. The average molecular weight is 330 g/mol. The number of rotatable bonds is 5. The van der Waals surface area contributed by atoms with Crippen LogP contribution in [0.15, 0.2) is 29.3 Å². The number of amides is 1. The predicted octanol–water partition coefficient (Wildman–Crippen LogP) is 2.02. The van der Waals surface area contributed by atoms with E-state index in [4.69, 9.17) is 4.74 Å². The summed E-state index contributed by atoms with van der Waals surface area (Å²) in [7, 11) is 0. The highest BCUT2D eigenvalue weighted by Crippen LogP contribution is 2.34. The fourth-order valence-electron chi connectivity index (χ4n) is 3.41. The number of carbonyl (C=O) groups excluding carboxylic acids is 1. The molecule has 1 amide bonds. The zero-order valence-corrected chi connectivity index (χ0v) is 14.3. The highest BCUT2D eigenvalue weighted by atomic mass is 16.5. The number of fused-ring (bicyclic) bond motifs is 2. The molecule has 6 nitrogen and oxygen atoms in total. The molecule has 130 valence electrons. The number of carbonyl (C=O) groups is 1. The Morgan fingerprint density at radius 3 is 2.92 bits per heavy atom. The molecule has 0 aromatic heterocycles. The molecule has 3 unspecified atom stereocenters. The normalized spacial score (nSPS) is 25.6. The van der Waals surface area contributed by atoms with Gasteiger partial charge in [0.15, 0.2) is 5.96 Å². The van der Waals surface area contributed by atoms with Gasteiger partial charge in [0, 0.05) is 19.2 Å². The van der Waals surface area contributed by atoms with Gasteiger partial charge in [-0.2, -0.15) is 0 Å². The van der Waals surface area contributed by atoms with Crippen LogP contribution in [0.4, 0.5) is 5.69 Å². The molecule has 2 heterocycles. The van der Waals surface area contributed by atoms with Gasteiger partial charge in [-0.05, 0) is 43.9 Å². The van der Waals surface area contributed by atoms with Crippen molar-refractivity contribution in [3.8, 4) is 0 Å². The molecule has 0 spiro atoms. The molecule has 2 saturated heterocycles. The zero-order valence-electron chi connectivity index (χ0n) is 14.3. The molecule has 6 heteroatoms. The number of hydrogen-bond donors (Lipinski definition) is 3. The Kier molecular flexibility index (Phi) is 5.35. The molecule has 2 bridgehead atoms. The lowest BCUT2D eigenvalue weighted by molar-refractivity contribution is -0.114. The maximum Gasteiger partial charge on any atom is 0.221 e. The average Bonchev–Trinajstić information content (AvgIpc) is 3.15. The minimum atomic E-state index is -0.0676. The number of nitrogens with one attached hydrogen (secondary N) is 3. The third-order valence-corrected chi connectivity index (χ3v) is 4.44. The number of benzene rings is 1. The van der Waals surface area contributed by atoms with Gasteiger partial charge in [-0.25, -0.2) is 4.99 Å². The Bertz CT molecular complexity index is 617. The van der Waals surface area contributed by atoms with Crippen LogP contribution in [0, 0.1) is 0 Å². The quantitative estimate of drug-likeness (QED) is 0.570. The first-order valence-corrected chi connectivity index (χ1v) is 8.71. The summed E-state index contributed by atoms with van der Waals surface area (Å²) in [6.07, 6.45) is 4.13. The highest BCUT2D eigenvalue weighted by Gasteiger charge is 2.41. The number of hydrogen-bond acceptors (Lipinski definition) is 3. The second-order valence-electron chi connectivity index (χ2n) is 6.44. The third-order valence-electron chi connectivity index (χ3n) is 4.44. The Balaban J connectivity index is 1.62. The minimum Gasteiger partial charge on any atom is -0.373 e. The van der Waals surface area contributed by atoms with Crippen LogP contribution in [0.2, 0.25) is 0 Å². The summed E-state index contributed by atoms with van der Waals surface area (Å²) in [5, 5.41) is 9.61. The molecular weight excluding hydrogens is 304 g/mol. The van der Waals surface area contributed by atoms with Crippen LogP contribution >= 0.6 is 0 Å². The highest BCUT2D eigenvalue weighted by molar-refractivity contribution is 5.88. The molecular formula is C18H26N4O2. The second-order valence-corrected chi connectivity index (χ2v) is 6.44. The van der Waals surface area contributed by atoms with E-state index in [0.29, 0.717) is 24.8 Å². The van der Waals surface area contributed by atoms with Crippen molar-refractivity contribution in [2.75, 3.05) is 11.9 Å². The maximum atomic E-state index is 11.2. The molecule has 0 aliphatic carbocycles. The maximum absolute atomic E-state index is 11.2. The number of guanidine groups is 1. The Hall–Kier alpha value is -2.08. The van der Waals surface area contributed by atoms with E-state index in [2.05, 4.69) is 27.9 Å². The first kappa shape index (κ1) is 16.8. The van der Waals surface area contributed by atoms with Crippen molar-refractivity contribution >= 4 is 17.6 Å².